The van der Waals surface area contributed by atoms with Crippen LogP contribution in [0.25, 0.3) is 32.4 Å². The first-order chi connectivity index (χ1) is 21.0. The lowest BCUT2D eigenvalue weighted by atomic mass is 10.1. The standard InChI is InChI=1S/C29H26ClN9O4/c1-32-28(41)25-22(37-38-31)24(40)29(43-25)39-15-36-23-26(34-14-35-27(23)39)33-12-18-11-19(30)9-10-21(18)42-13-17-7-4-6-16-5-2-3-8-20(16)17/h2-11,14-15,22,24-25,29,40H,12-13H2,1H3,(H,32,41)(H,33,34,35)/t22-,24+,25-,29+/m0/s1. The molecular formula is C29H26ClN9O4. The lowest BCUT2D eigenvalue weighted by molar-refractivity contribution is -0.134. The summed E-state index contributed by atoms with van der Waals surface area (Å²) in [5.41, 5.74) is 11.6. The number of imidazole rings is 1. The molecule has 1 aliphatic heterocycles. The van der Waals surface area contributed by atoms with Crippen molar-refractivity contribution in [1.82, 2.24) is 24.8 Å². The number of nitrogens with zero attached hydrogens (tertiary/aromatic N) is 7. The van der Waals surface area contributed by atoms with Gasteiger partial charge in [0, 0.05) is 29.1 Å². The smallest absolute Gasteiger partial charge is 0.249 e. The second kappa shape index (κ2) is 12.1. The molecule has 3 N–H and O–H groups in total. The Bertz CT molecular complexity index is 1850. The molecule has 0 saturated carbocycles. The van der Waals surface area contributed by atoms with Crippen LogP contribution in [0.3, 0.4) is 0 Å². The fourth-order valence-electron chi connectivity index (χ4n) is 5.18. The van der Waals surface area contributed by atoms with Crippen molar-refractivity contribution >= 4 is 45.3 Å². The van der Waals surface area contributed by atoms with Gasteiger partial charge in [-0.2, -0.15) is 0 Å². The van der Waals surface area contributed by atoms with E-state index < -0.39 is 30.4 Å². The van der Waals surface area contributed by atoms with Crippen molar-refractivity contribution in [2.24, 2.45) is 5.11 Å². The highest BCUT2D eigenvalue weighted by Crippen LogP contribution is 2.34. The van der Waals surface area contributed by atoms with E-state index >= 15 is 0 Å². The SMILES string of the molecule is CNC(=O)[C@H]1O[C@@H](n2cnc3c(NCc4cc(Cl)ccc4OCc4cccc5ccccc45)ncnc32)[C@H](O)[C@@H]1N=[N+]=[N-]. The average Bonchev–Trinajstić information content (AvgIpc) is 3.60. The first-order valence-electron chi connectivity index (χ1n) is 13.4. The highest BCUT2D eigenvalue weighted by Gasteiger charge is 2.48. The van der Waals surface area contributed by atoms with Crippen LogP contribution >= 0.6 is 11.6 Å². The molecule has 43 heavy (non-hydrogen) atoms. The predicted molar refractivity (Wildman–Crippen MR) is 159 cm³/mol. The van der Waals surface area contributed by atoms with E-state index in [4.69, 9.17) is 26.6 Å². The number of benzene rings is 3. The number of amides is 1. The number of rotatable bonds is 9. The van der Waals surface area contributed by atoms with Crippen LogP contribution < -0.4 is 15.4 Å². The number of aliphatic hydroxyl groups excluding tert-OH is 1. The monoisotopic (exact) mass is 599 g/mol. The van der Waals surface area contributed by atoms with Crippen molar-refractivity contribution < 1.29 is 19.4 Å². The number of nitrogens with one attached hydrogen (secondary N) is 2. The van der Waals surface area contributed by atoms with Crippen LogP contribution in [-0.2, 0) is 22.7 Å². The Morgan fingerprint density at radius 3 is 2.84 bits per heavy atom. The Morgan fingerprint density at radius 1 is 1.16 bits per heavy atom. The topological polar surface area (TPSA) is 172 Å². The van der Waals surface area contributed by atoms with E-state index in [9.17, 15) is 9.90 Å². The van der Waals surface area contributed by atoms with E-state index in [0.29, 0.717) is 40.9 Å². The van der Waals surface area contributed by atoms with Gasteiger partial charge >= 0.3 is 0 Å². The number of azide groups is 1. The van der Waals surface area contributed by atoms with Crippen molar-refractivity contribution in [3.8, 4) is 5.75 Å². The van der Waals surface area contributed by atoms with Crippen LogP contribution in [0.4, 0.5) is 5.82 Å². The highest BCUT2D eigenvalue weighted by molar-refractivity contribution is 6.30. The van der Waals surface area contributed by atoms with Crippen molar-refractivity contribution in [2.45, 2.75) is 37.6 Å². The van der Waals surface area contributed by atoms with Gasteiger partial charge in [0.1, 0.15) is 36.9 Å². The van der Waals surface area contributed by atoms with Crippen molar-refractivity contribution in [3.05, 3.63) is 99.9 Å². The molecule has 0 aliphatic carbocycles. The zero-order valence-electron chi connectivity index (χ0n) is 22.8. The van der Waals surface area contributed by atoms with Gasteiger partial charge < -0.3 is 25.2 Å². The largest absolute Gasteiger partial charge is 0.489 e. The Morgan fingerprint density at radius 2 is 2.00 bits per heavy atom. The zero-order valence-corrected chi connectivity index (χ0v) is 23.6. The summed E-state index contributed by atoms with van der Waals surface area (Å²) >= 11 is 6.34. The van der Waals surface area contributed by atoms with Crippen LogP contribution in [-0.4, -0.2) is 55.8 Å². The van der Waals surface area contributed by atoms with Crippen molar-refractivity contribution in [1.29, 1.82) is 0 Å². The maximum atomic E-state index is 12.3. The number of likely N-dealkylation sites (N-methyl/N-ethyl adjacent to an activating group) is 1. The molecule has 3 aromatic carbocycles. The minimum atomic E-state index is -1.32. The highest BCUT2D eigenvalue weighted by atomic mass is 35.5. The summed E-state index contributed by atoms with van der Waals surface area (Å²) in [6, 6.07) is 18.6. The molecule has 3 heterocycles. The summed E-state index contributed by atoms with van der Waals surface area (Å²) < 4.78 is 13.5. The number of aliphatic hydroxyl groups is 1. The first kappa shape index (κ1) is 28.2. The van der Waals surface area contributed by atoms with Gasteiger partial charge in [-0.1, -0.05) is 59.2 Å². The molecule has 0 radical (unpaired) electrons. The molecular weight excluding hydrogens is 574 g/mol. The van der Waals surface area contributed by atoms with Gasteiger partial charge in [0.25, 0.3) is 0 Å². The van der Waals surface area contributed by atoms with Gasteiger partial charge in [0.15, 0.2) is 23.2 Å². The van der Waals surface area contributed by atoms with Crippen LogP contribution in [0.1, 0.15) is 17.4 Å². The summed E-state index contributed by atoms with van der Waals surface area (Å²) in [5, 5.41) is 23.0. The third-order valence-corrected chi connectivity index (χ3v) is 7.53. The molecule has 1 amide bonds. The summed E-state index contributed by atoms with van der Waals surface area (Å²) in [5.74, 6) is 0.554. The van der Waals surface area contributed by atoms with Crippen molar-refractivity contribution in [2.75, 3.05) is 12.4 Å². The fraction of sp³-hybridized carbons (Fsp3) is 0.241. The van der Waals surface area contributed by atoms with Crippen molar-refractivity contribution in [3.63, 3.8) is 0 Å². The summed E-state index contributed by atoms with van der Waals surface area (Å²) in [4.78, 5) is 28.2. The van der Waals surface area contributed by atoms with Crippen LogP contribution in [0.2, 0.25) is 5.02 Å². The third-order valence-electron chi connectivity index (χ3n) is 7.29. The first-order valence-corrected chi connectivity index (χ1v) is 13.7. The van der Waals surface area contributed by atoms with E-state index in [0.717, 1.165) is 21.9 Å². The minimum absolute atomic E-state index is 0.310. The van der Waals surface area contributed by atoms with Crippen LogP contribution in [0, 0.1) is 0 Å². The van der Waals surface area contributed by atoms with Gasteiger partial charge in [-0.05, 0) is 40.1 Å². The summed E-state index contributed by atoms with van der Waals surface area (Å²) in [7, 11) is 1.43. The molecule has 14 heteroatoms. The number of aromatic nitrogens is 4. The lowest BCUT2D eigenvalue weighted by Gasteiger charge is -2.17. The van der Waals surface area contributed by atoms with Gasteiger partial charge in [-0.3, -0.25) is 9.36 Å². The minimum Gasteiger partial charge on any atom is -0.489 e. The molecule has 0 spiro atoms. The van der Waals surface area contributed by atoms with Gasteiger partial charge in [-0.25, -0.2) is 15.0 Å². The number of fused-ring (bicyclic) bond motifs is 2. The molecule has 0 bridgehead atoms. The zero-order chi connectivity index (χ0) is 29.9. The molecule has 1 fully saturated rings. The number of carbonyl (C=O) groups excluding carboxylic acids is 1. The van der Waals surface area contributed by atoms with E-state index in [2.05, 4.69) is 53.8 Å². The van der Waals surface area contributed by atoms with E-state index in [1.165, 1.54) is 24.3 Å². The number of hydrogen-bond donors (Lipinski definition) is 3. The van der Waals surface area contributed by atoms with Gasteiger partial charge in [0.2, 0.25) is 5.91 Å². The predicted octanol–water partition coefficient (Wildman–Crippen LogP) is 4.51. The van der Waals surface area contributed by atoms with E-state index in [1.807, 2.05) is 36.4 Å². The number of ether oxygens (including phenoxy) is 2. The Kier molecular flexibility index (Phi) is 7.95. The molecule has 6 rings (SSSR count). The lowest BCUT2D eigenvalue weighted by Crippen LogP contribution is -2.40. The number of carbonyl (C=O) groups is 1. The maximum Gasteiger partial charge on any atom is 0.249 e. The average molecular weight is 600 g/mol. The third kappa shape index (κ3) is 5.49. The molecule has 218 valence electrons. The van der Waals surface area contributed by atoms with E-state index in [1.54, 1.807) is 6.07 Å². The molecule has 2 aromatic heterocycles. The van der Waals surface area contributed by atoms with Crippen LogP contribution in [0.5, 0.6) is 5.75 Å². The second-order valence-corrected chi connectivity index (χ2v) is 10.3. The molecule has 5 aromatic rings. The Hall–Kier alpha value is -4.94. The Labute approximate surface area is 250 Å². The number of halogens is 1. The molecule has 0 unspecified atom stereocenters. The quantitative estimate of drug-likeness (QED) is 0.126. The number of anilines is 1. The van der Waals surface area contributed by atoms with Crippen LogP contribution in [0.15, 0.2) is 78.4 Å². The van der Waals surface area contributed by atoms with E-state index in [-0.39, 0.29) is 0 Å². The maximum absolute atomic E-state index is 12.3. The molecule has 4 atom stereocenters. The van der Waals surface area contributed by atoms with Gasteiger partial charge in [-0.15, -0.1) is 0 Å². The summed E-state index contributed by atoms with van der Waals surface area (Å²) in [6.45, 7) is 0.681. The number of hydrogen-bond acceptors (Lipinski definition) is 9. The molecule has 1 saturated heterocycles. The molecule has 1 aliphatic rings. The fourth-order valence-corrected chi connectivity index (χ4v) is 5.38. The normalized spacial score (nSPS) is 19.7. The summed E-state index contributed by atoms with van der Waals surface area (Å²) in [6.07, 6.45) is -0.813. The molecule has 13 nitrogen and oxygen atoms in total. The Balaban J connectivity index is 1.23. The second-order valence-electron chi connectivity index (χ2n) is 9.83. The van der Waals surface area contributed by atoms with Gasteiger partial charge in [0.05, 0.1) is 6.33 Å².